The van der Waals surface area contributed by atoms with E-state index >= 15 is 0 Å². The van der Waals surface area contributed by atoms with Gasteiger partial charge in [0.15, 0.2) is 6.61 Å². The molecule has 14 heteroatoms. The fourth-order valence-electron chi connectivity index (χ4n) is 3.92. The molecule has 1 atom stereocenters. The smallest absolute Gasteiger partial charge is 0.341 e. The standard InChI is InChI=1S/C27H27NO9.C2H7N.CH5N.H2N.Y/c1-35-21-11-12-22(23(13-21)36-2)26(18-7-9-20(10-8-18)37-16-25(31)32)28(15-24(29)30)14-17-3-5-19(6-4-17)27(33)34;1-2-3;1-2;;/h3-13,26H,14-16H2,1-2H3,(H,29,30)(H,31,32)(H,33,34);2-3H2,1H3;2H2,1H3;1H2;/q;;;-1;. The number of carboxylic acid groups (broad SMARTS) is 3. The van der Waals surface area contributed by atoms with Crippen LogP contribution in [0, 0.1) is 0 Å². The summed E-state index contributed by atoms with van der Waals surface area (Å²) in [6, 6.07) is 17.5. The molecular formula is C30H41N4O9Y-. The maximum atomic E-state index is 11.9. The number of benzene rings is 3. The molecule has 44 heavy (non-hydrogen) atoms. The van der Waals surface area contributed by atoms with Crippen LogP contribution in [-0.4, -0.2) is 79.1 Å². The van der Waals surface area contributed by atoms with Crippen molar-refractivity contribution >= 4 is 17.9 Å². The van der Waals surface area contributed by atoms with Gasteiger partial charge in [-0.2, -0.15) is 0 Å². The molecule has 0 aliphatic heterocycles. The van der Waals surface area contributed by atoms with Crippen LogP contribution in [0.1, 0.15) is 40.0 Å². The van der Waals surface area contributed by atoms with Crippen LogP contribution in [0.4, 0.5) is 0 Å². The minimum Gasteiger partial charge on any atom is -0.693 e. The fraction of sp³-hybridized carbons (Fsp3) is 0.300. The molecule has 13 nitrogen and oxygen atoms in total. The largest absolute Gasteiger partial charge is 0.693 e. The van der Waals surface area contributed by atoms with Crippen molar-refractivity contribution in [2.24, 2.45) is 11.5 Å². The van der Waals surface area contributed by atoms with Crippen LogP contribution in [0.2, 0.25) is 0 Å². The SMILES string of the molecule is CCN.CN.COc1ccc(C(c2ccc(OCC(=O)O)cc2)N(CC(=O)O)Cc2ccc(C(=O)O)cc2)c(OC)c1.[NH2-].[Y]. The summed E-state index contributed by atoms with van der Waals surface area (Å²) in [5.74, 6) is -1.83. The summed E-state index contributed by atoms with van der Waals surface area (Å²) in [5.41, 5.74) is 11.6. The molecule has 1 unspecified atom stereocenters. The van der Waals surface area contributed by atoms with Gasteiger partial charge in [0.2, 0.25) is 0 Å². The normalized spacial score (nSPS) is 10.2. The van der Waals surface area contributed by atoms with Gasteiger partial charge < -0.3 is 47.1 Å². The molecule has 1 radical (unpaired) electrons. The Labute approximate surface area is 282 Å². The fourth-order valence-corrected chi connectivity index (χ4v) is 3.92. The number of hydrogen-bond donors (Lipinski definition) is 5. The van der Waals surface area contributed by atoms with Crippen LogP contribution in [0.25, 0.3) is 6.15 Å². The van der Waals surface area contributed by atoms with Crippen molar-refractivity contribution in [3.63, 3.8) is 0 Å². The van der Waals surface area contributed by atoms with Crippen LogP contribution in [-0.2, 0) is 48.8 Å². The predicted molar refractivity (Wildman–Crippen MR) is 163 cm³/mol. The Bertz CT molecular complexity index is 1280. The Hall–Kier alpha value is -3.59. The van der Waals surface area contributed by atoms with Crippen LogP contribution < -0.4 is 25.7 Å². The monoisotopic (exact) mass is 690 g/mol. The molecule has 3 aromatic carbocycles. The minimum absolute atomic E-state index is 0. The minimum atomic E-state index is -1.11. The van der Waals surface area contributed by atoms with E-state index in [1.807, 2.05) is 6.92 Å². The van der Waals surface area contributed by atoms with E-state index in [0.29, 0.717) is 33.9 Å². The van der Waals surface area contributed by atoms with Crippen molar-refractivity contribution < 1.29 is 76.6 Å². The second-order valence-corrected chi connectivity index (χ2v) is 8.47. The van der Waals surface area contributed by atoms with Crippen LogP contribution in [0.5, 0.6) is 17.2 Å². The zero-order valence-electron chi connectivity index (χ0n) is 25.3. The summed E-state index contributed by atoms with van der Waals surface area (Å²) in [4.78, 5) is 35.7. The van der Waals surface area contributed by atoms with Gasteiger partial charge in [-0.1, -0.05) is 31.2 Å². The number of carbonyl (C=O) groups is 3. The molecule has 239 valence electrons. The maximum absolute atomic E-state index is 11.9. The van der Waals surface area contributed by atoms with Gasteiger partial charge in [0, 0.05) is 50.9 Å². The molecule has 3 aromatic rings. The molecule has 0 aliphatic rings. The third-order valence-electron chi connectivity index (χ3n) is 5.58. The second-order valence-electron chi connectivity index (χ2n) is 8.47. The average molecular weight is 691 g/mol. The first kappa shape index (κ1) is 42.5. The van der Waals surface area contributed by atoms with Gasteiger partial charge in [0.25, 0.3) is 0 Å². The van der Waals surface area contributed by atoms with Gasteiger partial charge in [-0.25, -0.2) is 9.59 Å². The van der Waals surface area contributed by atoms with Gasteiger partial charge in [-0.05, 0) is 61.1 Å². The van der Waals surface area contributed by atoms with E-state index < -0.39 is 30.6 Å². The van der Waals surface area contributed by atoms with Crippen molar-refractivity contribution in [1.82, 2.24) is 4.90 Å². The second kappa shape index (κ2) is 22.9. The van der Waals surface area contributed by atoms with Crippen molar-refractivity contribution in [2.75, 3.05) is 41.0 Å². The van der Waals surface area contributed by atoms with Crippen molar-refractivity contribution in [1.29, 1.82) is 0 Å². The van der Waals surface area contributed by atoms with Crippen molar-refractivity contribution in [3.8, 4) is 17.2 Å². The summed E-state index contributed by atoms with van der Waals surface area (Å²) in [5, 5.41) is 27.8. The molecule has 0 amide bonds. The Balaban J connectivity index is 0. The molecule has 9 N–H and O–H groups in total. The number of methoxy groups -OCH3 is 2. The number of aromatic carboxylic acids is 1. The van der Waals surface area contributed by atoms with Gasteiger partial charge >= 0.3 is 17.9 Å². The summed E-state index contributed by atoms with van der Waals surface area (Å²) >= 11 is 0. The van der Waals surface area contributed by atoms with E-state index in [2.05, 4.69) is 5.73 Å². The molecule has 0 fully saturated rings. The summed E-state index contributed by atoms with van der Waals surface area (Å²) in [6.07, 6.45) is 0. The van der Waals surface area contributed by atoms with E-state index in [9.17, 15) is 24.6 Å². The van der Waals surface area contributed by atoms with E-state index in [4.69, 9.17) is 25.1 Å². The predicted octanol–water partition coefficient (Wildman–Crippen LogP) is 3.80. The number of rotatable bonds is 13. The Kier molecular flexibility index (Phi) is 22.1. The van der Waals surface area contributed by atoms with Gasteiger partial charge in [0.1, 0.15) is 17.2 Å². The first-order chi connectivity index (χ1) is 20.1. The van der Waals surface area contributed by atoms with Crippen LogP contribution >= 0.6 is 0 Å². The molecule has 0 spiro atoms. The van der Waals surface area contributed by atoms with Gasteiger partial charge in [-0.3, -0.25) is 9.69 Å². The first-order valence-corrected chi connectivity index (χ1v) is 12.9. The molecule has 0 bridgehead atoms. The number of carboxylic acids is 3. The van der Waals surface area contributed by atoms with Crippen LogP contribution in [0.3, 0.4) is 0 Å². The maximum Gasteiger partial charge on any atom is 0.341 e. The van der Waals surface area contributed by atoms with Crippen molar-refractivity contribution in [2.45, 2.75) is 19.5 Å². The quantitative estimate of drug-likeness (QED) is 0.173. The first-order valence-electron chi connectivity index (χ1n) is 12.9. The summed E-state index contributed by atoms with van der Waals surface area (Å²) in [7, 11) is 4.53. The van der Waals surface area contributed by atoms with Gasteiger partial charge in [-0.15, -0.1) is 0 Å². The number of hydrogen-bond acceptors (Lipinski definition) is 9. The summed E-state index contributed by atoms with van der Waals surface area (Å²) in [6.45, 7) is 2.01. The molecule has 0 heterocycles. The van der Waals surface area contributed by atoms with Crippen molar-refractivity contribution in [3.05, 3.63) is 95.1 Å². The Morgan fingerprint density at radius 2 is 1.39 bits per heavy atom. The zero-order chi connectivity index (χ0) is 31.7. The number of aliphatic carboxylic acids is 2. The molecule has 0 saturated carbocycles. The van der Waals surface area contributed by atoms with E-state index in [1.165, 1.54) is 33.4 Å². The molecule has 0 aliphatic carbocycles. The number of ether oxygens (including phenoxy) is 3. The topological polar surface area (TPSA) is 228 Å². The molecule has 0 saturated heterocycles. The average Bonchev–Trinajstić information content (AvgIpc) is 2.98. The number of nitrogens with two attached hydrogens (primary N) is 3. The molecule has 3 rings (SSSR count). The van der Waals surface area contributed by atoms with E-state index in [1.54, 1.807) is 59.5 Å². The van der Waals surface area contributed by atoms with E-state index in [0.717, 1.165) is 6.54 Å². The van der Waals surface area contributed by atoms with Crippen LogP contribution in [0.15, 0.2) is 66.7 Å². The Morgan fingerprint density at radius 1 is 0.841 bits per heavy atom. The van der Waals surface area contributed by atoms with E-state index in [-0.39, 0.29) is 57.5 Å². The molecular weight excluding hydrogens is 649 g/mol. The zero-order valence-corrected chi connectivity index (χ0v) is 28.1. The Morgan fingerprint density at radius 3 is 1.84 bits per heavy atom. The third-order valence-corrected chi connectivity index (χ3v) is 5.58. The molecule has 0 aromatic heterocycles. The van der Waals surface area contributed by atoms with Gasteiger partial charge in [0.05, 0.1) is 32.4 Å². The summed E-state index contributed by atoms with van der Waals surface area (Å²) < 4.78 is 16.2. The number of nitrogens with zero attached hydrogens (tertiary/aromatic N) is 1. The third kappa shape index (κ3) is 13.8.